The molecule has 1 fully saturated rings. The van der Waals surface area contributed by atoms with E-state index in [9.17, 15) is 13.6 Å². The van der Waals surface area contributed by atoms with Crippen LogP contribution >= 0.6 is 0 Å². The Morgan fingerprint density at radius 2 is 2.12 bits per heavy atom. The highest BCUT2D eigenvalue weighted by Gasteiger charge is 2.31. The largest absolute Gasteiger partial charge is 0.371 e. The summed E-state index contributed by atoms with van der Waals surface area (Å²) in [6.07, 6.45) is 1.80. The van der Waals surface area contributed by atoms with Crippen molar-refractivity contribution in [2.45, 2.75) is 18.6 Å². The molecule has 1 aliphatic heterocycles. The van der Waals surface area contributed by atoms with Gasteiger partial charge in [-0.05, 0) is 36.2 Å². The number of nitrogens with one attached hydrogen (secondary N) is 2. The number of benzene rings is 1. The topological polar surface area (TPSA) is 63.2 Å². The van der Waals surface area contributed by atoms with E-state index in [1.54, 1.807) is 25.4 Å². The van der Waals surface area contributed by atoms with Gasteiger partial charge in [0.25, 0.3) is 5.91 Å². The summed E-state index contributed by atoms with van der Waals surface area (Å²) in [4.78, 5) is 16.1. The Morgan fingerprint density at radius 3 is 2.88 bits per heavy atom. The fourth-order valence-electron chi connectivity index (χ4n) is 2.77. The summed E-state index contributed by atoms with van der Waals surface area (Å²) in [5.74, 6) is -1.63. The number of aromatic nitrogens is 1. The smallest absolute Gasteiger partial charge is 0.254 e. The molecule has 2 heterocycles. The normalized spacial score (nSPS) is 20.0. The van der Waals surface area contributed by atoms with Gasteiger partial charge >= 0.3 is 0 Å². The Morgan fingerprint density at radius 1 is 1.29 bits per heavy atom. The molecule has 2 atom stereocenters. The maximum atomic E-state index is 13.5. The number of carbonyl (C=O) groups excluding carboxylic acids is 1. The standard InChI is InChI=1S/C17H17F2N3O2/c1-20-17(23)11-3-2-7-21-16(11)22-14-6-8-24-15(14)10-4-5-12(18)13(19)9-10/h2-5,7,9,14-15H,6,8H2,1H3,(H,20,23)(H,21,22). The number of ether oxygens (including phenoxy) is 1. The molecule has 2 aromatic rings. The lowest BCUT2D eigenvalue weighted by Crippen LogP contribution is -2.27. The van der Waals surface area contributed by atoms with E-state index < -0.39 is 17.7 Å². The van der Waals surface area contributed by atoms with Gasteiger partial charge in [0.2, 0.25) is 0 Å². The monoisotopic (exact) mass is 333 g/mol. The van der Waals surface area contributed by atoms with Gasteiger partial charge in [-0.25, -0.2) is 13.8 Å². The van der Waals surface area contributed by atoms with Gasteiger partial charge in [-0.3, -0.25) is 4.79 Å². The maximum absolute atomic E-state index is 13.5. The second kappa shape index (κ2) is 6.92. The number of carbonyl (C=O) groups is 1. The predicted molar refractivity (Wildman–Crippen MR) is 84.7 cm³/mol. The zero-order valence-corrected chi connectivity index (χ0v) is 13.1. The SMILES string of the molecule is CNC(=O)c1cccnc1NC1CCOC1c1ccc(F)c(F)c1. The van der Waals surface area contributed by atoms with Crippen LogP contribution in [-0.2, 0) is 4.74 Å². The quantitative estimate of drug-likeness (QED) is 0.903. The van der Waals surface area contributed by atoms with E-state index in [4.69, 9.17) is 4.74 Å². The molecule has 1 saturated heterocycles. The minimum atomic E-state index is -0.911. The third-order valence-corrected chi connectivity index (χ3v) is 3.97. The Balaban J connectivity index is 1.84. The summed E-state index contributed by atoms with van der Waals surface area (Å²) in [5, 5.41) is 5.76. The van der Waals surface area contributed by atoms with E-state index in [1.165, 1.54) is 6.07 Å². The molecule has 2 N–H and O–H groups in total. The van der Waals surface area contributed by atoms with Crippen LogP contribution in [0.15, 0.2) is 36.5 Å². The van der Waals surface area contributed by atoms with Crippen molar-refractivity contribution in [2.24, 2.45) is 0 Å². The molecule has 3 rings (SSSR count). The molecular weight excluding hydrogens is 316 g/mol. The number of nitrogens with zero attached hydrogens (tertiary/aromatic N) is 1. The highest BCUT2D eigenvalue weighted by Crippen LogP contribution is 2.32. The molecule has 1 aromatic heterocycles. The number of halogens is 2. The van der Waals surface area contributed by atoms with Crippen LogP contribution in [-0.4, -0.2) is 30.6 Å². The highest BCUT2D eigenvalue weighted by atomic mass is 19.2. The fraction of sp³-hybridized carbons (Fsp3) is 0.294. The molecular formula is C17H17F2N3O2. The van der Waals surface area contributed by atoms with Crippen LogP contribution in [0, 0.1) is 11.6 Å². The molecule has 126 valence electrons. The van der Waals surface area contributed by atoms with Crippen molar-refractivity contribution in [3.8, 4) is 0 Å². The average molecular weight is 333 g/mol. The summed E-state index contributed by atoms with van der Waals surface area (Å²) in [6.45, 7) is 0.476. The van der Waals surface area contributed by atoms with Crippen LogP contribution in [0.25, 0.3) is 0 Å². The Kier molecular flexibility index (Phi) is 4.71. The van der Waals surface area contributed by atoms with Crippen LogP contribution in [0.2, 0.25) is 0 Å². The zero-order valence-electron chi connectivity index (χ0n) is 13.1. The number of hydrogen-bond acceptors (Lipinski definition) is 4. The van der Waals surface area contributed by atoms with E-state index in [0.29, 0.717) is 30.0 Å². The van der Waals surface area contributed by atoms with Gasteiger partial charge in [-0.2, -0.15) is 0 Å². The second-order valence-electron chi connectivity index (χ2n) is 5.48. The molecule has 24 heavy (non-hydrogen) atoms. The maximum Gasteiger partial charge on any atom is 0.254 e. The summed E-state index contributed by atoms with van der Waals surface area (Å²) < 4.78 is 32.3. The molecule has 7 heteroatoms. The van der Waals surface area contributed by atoms with Crippen molar-refractivity contribution >= 4 is 11.7 Å². The third-order valence-electron chi connectivity index (χ3n) is 3.97. The van der Waals surface area contributed by atoms with E-state index in [1.807, 2.05) is 0 Å². The summed E-state index contributed by atoms with van der Waals surface area (Å²) >= 11 is 0. The van der Waals surface area contributed by atoms with Gasteiger partial charge in [0.1, 0.15) is 11.9 Å². The Hall–Kier alpha value is -2.54. The number of amides is 1. The lowest BCUT2D eigenvalue weighted by molar-refractivity contribution is 0.0962. The second-order valence-corrected chi connectivity index (χ2v) is 5.48. The van der Waals surface area contributed by atoms with Gasteiger partial charge in [0, 0.05) is 19.9 Å². The summed E-state index contributed by atoms with van der Waals surface area (Å²) in [6, 6.07) is 6.86. The molecule has 5 nitrogen and oxygen atoms in total. The third kappa shape index (κ3) is 3.21. The van der Waals surface area contributed by atoms with Gasteiger partial charge < -0.3 is 15.4 Å². The fourth-order valence-corrected chi connectivity index (χ4v) is 2.77. The molecule has 1 aliphatic rings. The first-order chi connectivity index (χ1) is 11.6. The van der Waals surface area contributed by atoms with Crippen molar-refractivity contribution in [1.29, 1.82) is 0 Å². The van der Waals surface area contributed by atoms with E-state index in [-0.39, 0.29) is 11.9 Å². The number of hydrogen-bond donors (Lipinski definition) is 2. The summed E-state index contributed by atoms with van der Waals surface area (Å²) in [7, 11) is 1.54. The molecule has 0 saturated carbocycles. The van der Waals surface area contributed by atoms with E-state index in [2.05, 4.69) is 15.6 Å². The molecule has 1 amide bonds. The highest BCUT2D eigenvalue weighted by molar-refractivity contribution is 5.98. The van der Waals surface area contributed by atoms with Crippen LogP contribution in [0.1, 0.15) is 28.4 Å². The van der Waals surface area contributed by atoms with Gasteiger partial charge in [0.05, 0.1) is 11.6 Å². The molecule has 0 aliphatic carbocycles. The van der Waals surface area contributed by atoms with Crippen molar-refractivity contribution in [1.82, 2.24) is 10.3 Å². The van der Waals surface area contributed by atoms with Gasteiger partial charge in [-0.1, -0.05) is 6.07 Å². The average Bonchev–Trinajstić information content (AvgIpc) is 3.05. The van der Waals surface area contributed by atoms with Gasteiger partial charge in [-0.15, -0.1) is 0 Å². The number of pyridine rings is 1. The van der Waals surface area contributed by atoms with Gasteiger partial charge in [0.15, 0.2) is 11.6 Å². The molecule has 1 aromatic carbocycles. The van der Waals surface area contributed by atoms with Crippen LogP contribution in [0.3, 0.4) is 0 Å². The lowest BCUT2D eigenvalue weighted by atomic mass is 10.0. The molecule has 0 radical (unpaired) electrons. The summed E-state index contributed by atoms with van der Waals surface area (Å²) in [5.41, 5.74) is 0.956. The predicted octanol–water partition coefficient (Wildman–Crippen LogP) is 2.66. The molecule has 2 unspecified atom stereocenters. The lowest BCUT2D eigenvalue weighted by Gasteiger charge is -2.22. The van der Waals surface area contributed by atoms with Crippen LogP contribution < -0.4 is 10.6 Å². The zero-order chi connectivity index (χ0) is 17.1. The van der Waals surface area contributed by atoms with Crippen molar-refractivity contribution < 1.29 is 18.3 Å². The first-order valence-electron chi connectivity index (χ1n) is 7.60. The van der Waals surface area contributed by atoms with E-state index >= 15 is 0 Å². The van der Waals surface area contributed by atoms with Crippen molar-refractivity contribution in [2.75, 3.05) is 19.0 Å². The minimum Gasteiger partial charge on any atom is -0.371 e. The van der Waals surface area contributed by atoms with Crippen LogP contribution in [0.5, 0.6) is 0 Å². The first-order valence-corrected chi connectivity index (χ1v) is 7.60. The van der Waals surface area contributed by atoms with Crippen LogP contribution in [0.4, 0.5) is 14.6 Å². The van der Waals surface area contributed by atoms with E-state index in [0.717, 1.165) is 12.1 Å². The van der Waals surface area contributed by atoms with Crippen molar-refractivity contribution in [3.05, 3.63) is 59.3 Å². The Bertz CT molecular complexity index is 754. The number of anilines is 1. The minimum absolute atomic E-state index is 0.201. The van der Waals surface area contributed by atoms with Crippen molar-refractivity contribution in [3.63, 3.8) is 0 Å². The molecule has 0 bridgehead atoms. The molecule has 0 spiro atoms. The first kappa shape index (κ1) is 16.3. The number of rotatable bonds is 4. The Labute approximate surface area is 138 Å².